The molecule has 1 aliphatic heterocycles. The summed E-state index contributed by atoms with van der Waals surface area (Å²) in [6.45, 7) is 3.87. The second-order valence-corrected chi connectivity index (χ2v) is 5.18. The predicted molar refractivity (Wildman–Crippen MR) is 67.9 cm³/mol. The Morgan fingerprint density at radius 2 is 2.06 bits per heavy atom. The Morgan fingerprint density at radius 1 is 1.28 bits per heavy atom. The van der Waals surface area contributed by atoms with Crippen LogP contribution < -0.4 is 5.32 Å². The van der Waals surface area contributed by atoms with Gasteiger partial charge in [-0.05, 0) is 36.1 Å². The number of aliphatic hydroxyl groups is 1. The topological polar surface area (TPSA) is 35.5 Å². The van der Waals surface area contributed by atoms with Crippen molar-refractivity contribution in [2.45, 2.75) is 25.0 Å². The van der Waals surface area contributed by atoms with Crippen LogP contribution in [0, 0.1) is 5.82 Å². The van der Waals surface area contributed by atoms with Crippen LogP contribution in [0.4, 0.5) is 4.39 Å². The molecule has 18 heavy (non-hydrogen) atoms. The van der Waals surface area contributed by atoms with E-state index in [1.165, 1.54) is 12.1 Å². The Morgan fingerprint density at radius 3 is 2.83 bits per heavy atom. The molecule has 0 amide bonds. The van der Waals surface area contributed by atoms with Gasteiger partial charge in [0.2, 0.25) is 0 Å². The van der Waals surface area contributed by atoms with E-state index < -0.39 is 6.10 Å². The van der Waals surface area contributed by atoms with E-state index in [1.54, 1.807) is 0 Å². The minimum atomic E-state index is -0.553. The standard InChI is InChI=1S/C14H19FN2O/c15-11-3-1-10-2-4-13(14(18)12(10)9-11)17-7-5-16-6-8-17/h1,3,9,13-14,16,18H,2,4-8H2. The van der Waals surface area contributed by atoms with Gasteiger partial charge in [-0.15, -0.1) is 0 Å². The van der Waals surface area contributed by atoms with Gasteiger partial charge in [-0.25, -0.2) is 4.39 Å². The number of halogens is 1. The van der Waals surface area contributed by atoms with Gasteiger partial charge in [0.1, 0.15) is 5.82 Å². The quantitative estimate of drug-likeness (QED) is 0.783. The summed E-state index contributed by atoms with van der Waals surface area (Å²) in [4.78, 5) is 2.33. The molecule has 1 heterocycles. The molecule has 2 unspecified atom stereocenters. The van der Waals surface area contributed by atoms with Crippen LogP contribution in [0.3, 0.4) is 0 Å². The highest BCUT2D eigenvalue weighted by molar-refractivity contribution is 5.33. The molecular formula is C14H19FN2O. The summed E-state index contributed by atoms with van der Waals surface area (Å²) in [6.07, 6.45) is 1.34. The summed E-state index contributed by atoms with van der Waals surface area (Å²) in [7, 11) is 0. The Labute approximate surface area is 107 Å². The molecule has 1 fully saturated rings. The highest BCUT2D eigenvalue weighted by atomic mass is 19.1. The van der Waals surface area contributed by atoms with Crippen molar-refractivity contribution in [2.75, 3.05) is 26.2 Å². The molecule has 1 aliphatic carbocycles. The van der Waals surface area contributed by atoms with E-state index in [1.807, 2.05) is 6.07 Å². The van der Waals surface area contributed by atoms with Crippen molar-refractivity contribution in [1.82, 2.24) is 10.2 Å². The number of nitrogens with one attached hydrogen (secondary N) is 1. The molecule has 0 aromatic heterocycles. The van der Waals surface area contributed by atoms with Crippen molar-refractivity contribution in [3.8, 4) is 0 Å². The summed E-state index contributed by atoms with van der Waals surface area (Å²) in [5, 5.41) is 13.8. The van der Waals surface area contributed by atoms with Gasteiger partial charge in [0.05, 0.1) is 6.10 Å². The molecule has 1 aromatic rings. The van der Waals surface area contributed by atoms with Gasteiger partial charge in [-0.3, -0.25) is 4.90 Å². The van der Waals surface area contributed by atoms with Crippen molar-refractivity contribution in [3.05, 3.63) is 35.1 Å². The van der Waals surface area contributed by atoms with E-state index in [-0.39, 0.29) is 11.9 Å². The molecule has 2 N–H and O–H groups in total. The molecule has 3 rings (SSSR count). The molecule has 0 spiro atoms. The third kappa shape index (κ3) is 2.16. The Hall–Kier alpha value is -0.970. The average Bonchev–Trinajstić information content (AvgIpc) is 2.41. The van der Waals surface area contributed by atoms with Crippen molar-refractivity contribution in [1.29, 1.82) is 0 Å². The number of rotatable bonds is 1. The lowest BCUT2D eigenvalue weighted by molar-refractivity contribution is 0.0295. The number of nitrogens with zero attached hydrogens (tertiary/aromatic N) is 1. The third-order valence-corrected chi connectivity index (χ3v) is 4.12. The molecule has 2 aliphatic rings. The molecule has 3 nitrogen and oxygen atoms in total. The first-order valence-electron chi connectivity index (χ1n) is 6.67. The maximum absolute atomic E-state index is 13.3. The van der Waals surface area contributed by atoms with E-state index in [0.29, 0.717) is 0 Å². The Balaban J connectivity index is 1.83. The van der Waals surface area contributed by atoms with E-state index in [9.17, 15) is 9.50 Å². The van der Waals surface area contributed by atoms with Crippen molar-refractivity contribution in [2.24, 2.45) is 0 Å². The van der Waals surface area contributed by atoms with Crippen LogP contribution in [0.25, 0.3) is 0 Å². The van der Waals surface area contributed by atoms with Crippen molar-refractivity contribution < 1.29 is 9.50 Å². The number of hydrogen-bond donors (Lipinski definition) is 2. The summed E-state index contributed by atoms with van der Waals surface area (Å²) >= 11 is 0. The van der Waals surface area contributed by atoms with Crippen LogP contribution >= 0.6 is 0 Å². The number of benzene rings is 1. The van der Waals surface area contributed by atoms with Gasteiger partial charge in [0.25, 0.3) is 0 Å². The minimum absolute atomic E-state index is 0.140. The summed E-state index contributed by atoms with van der Waals surface area (Å²) in [5.74, 6) is -0.256. The second-order valence-electron chi connectivity index (χ2n) is 5.18. The molecule has 2 atom stereocenters. The number of aliphatic hydroxyl groups excluding tert-OH is 1. The number of hydrogen-bond acceptors (Lipinski definition) is 3. The fourth-order valence-electron chi connectivity index (χ4n) is 3.13. The zero-order chi connectivity index (χ0) is 12.5. The van der Waals surface area contributed by atoms with Crippen LogP contribution in [-0.4, -0.2) is 42.2 Å². The molecule has 4 heteroatoms. The van der Waals surface area contributed by atoms with E-state index in [0.717, 1.165) is 50.1 Å². The third-order valence-electron chi connectivity index (χ3n) is 4.12. The monoisotopic (exact) mass is 250 g/mol. The lowest BCUT2D eigenvalue weighted by Gasteiger charge is -2.40. The van der Waals surface area contributed by atoms with Crippen LogP contribution in [0.15, 0.2) is 18.2 Å². The zero-order valence-electron chi connectivity index (χ0n) is 10.4. The van der Waals surface area contributed by atoms with E-state index in [4.69, 9.17) is 0 Å². The van der Waals surface area contributed by atoms with Crippen LogP contribution in [-0.2, 0) is 6.42 Å². The molecule has 0 radical (unpaired) electrons. The fourth-order valence-corrected chi connectivity index (χ4v) is 3.13. The number of fused-ring (bicyclic) bond motifs is 1. The Bertz CT molecular complexity index is 432. The lowest BCUT2D eigenvalue weighted by Crippen LogP contribution is -2.51. The van der Waals surface area contributed by atoms with E-state index in [2.05, 4.69) is 10.2 Å². The first-order valence-corrected chi connectivity index (χ1v) is 6.67. The van der Waals surface area contributed by atoms with Gasteiger partial charge in [0, 0.05) is 32.2 Å². The van der Waals surface area contributed by atoms with Gasteiger partial charge >= 0.3 is 0 Å². The molecule has 0 bridgehead atoms. The molecule has 98 valence electrons. The summed E-state index contributed by atoms with van der Waals surface area (Å²) < 4.78 is 13.3. The average molecular weight is 250 g/mol. The SMILES string of the molecule is OC1c2cc(F)ccc2CCC1N1CCNCC1. The van der Waals surface area contributed by atoms with E-state index >= 15 is 0 Å². The predicted octanol–water partition coefficient (Wildman–Crippen LogP) is 1.08. The minimum Gasteiger partial charge on any atom is -0.387 e. The first-order chi connectivity index (χ1) is 8.75. The summed E-state index contributed by atoms with van der Waals surface area (Å²) in [6, 6.07) is 4.92. The molecule has 1 aromatic carbocycles. The molecule has 0 saturated carbocycles. The molecular weight excluding hydrogens is 231 g/mol. The Kier molecular flexibility index (Phi) is 3.33. The van der Waals surface area contributed by atoms with Crippen LogP contribution in [0.2, 0.25) is 0 Å². The maximum atomic E-state index is 13.3. The van der Waals surface area contributed by atoms with Gasteiger partial charge < -0.3 is 10.4 Å². The van der Waals surface area contributed by atoms with Crippen LogP contribution in [0.5, 0.6) is 0 Å². The number of piperazine rings is 1. The van der Waals surface area contributed by atoms with Crippen molar-refractivity contribution in [3.63, 3.8) is 0 Å². The first kappa shape index (κ1) is 12.1. The highest BCUT2D eigenvalue weighted by Crippen LogP contribution is 2.33. The summed E-state index contributed by atoms with van der Waals surface area (Å²) in [5.41, 5.74) is 1.88. The normalized spacial score (nSPS) is 29.0. The van der Waals surface area contributed by atoms with Gasteiger partial charge in [0.15, 0.2) is 0 Å². The van der Waals surface area contributed by atoms with Gasteiger partial charge in [-0.2, -0.15) is 0 Å². The van der Waals surface area contributed by atoms with Gasteiger partial charge in [-0.1, -0.05) is 6.07 Å². The maximum Gasteiger partial charge on any atom is 0.123 e. The lowest BCUT2D eigenvalue weighted by atomic mass is 9.85. The highest BCUT2D eigenvalue weighted by Gasteiger charge is 2.32. The largest absolute Gasteiger partial charge is 0.387 e. The zero-order valence-corrected chi connectivity index (χ0v) is 10.4. The molecule has 1 saturated heterocycles. The second kappa shape index (κ2) is 4.96. The number of aryl methyl sites for hydroxylation is 1. The van der Waals surface area contributed by atoms with Crippen molar-refractivity contribution >= 4 is 0 Å². The fraction of sp³-hybridized carbons (Fsp3) is 0.571. The van der Waals surface area contributed by atoms with Crippen LogP contribution in [0.1, 0.15) is 23.7 Å². The smallest absolute Gasteiger partial charge is 0.123 e.